The normalized spacial score (nSPS) is 19.2. The molecular formula is C14H19N3O3. The lowest BCUT2D eigenvalue weighted by Gasteiger charge is -2.31. The van der Waals surface area contributed by atoms with Gasteiger partial charge in [-0.1, -0.05) is 0 Å². The first-order valence-electron chi connectivity index (χ1n) is 6.77. The number of fused-ring (bicyclic) bond motifs is 1. The van der Waals surface area contributed by atoms with Gasteiger partial charge in [0, 0.05) is 43.5 Å². The minimum atomic E-state index is 0.0327. The van der Waals surface area contributed by atoms with E-state index in [0.717, 1.165) is 26.2 Å². The van der Waals surface area contributed by atoms with E-state index in [0.29, 0.717) is 29.3 Å². The Hall–Kier alpha value is -1.79. The van der Waals surface area contributed by atoms with E-state index < -0.39 is 0 Å². The third kappa shape index (κ3) is 2.57. The molecule has 2 heterocycles. The number of nitrogens with two attached hydrogens (primary N) is 1. The van der Waals surface area contributed by atoms with Gasteiger partial charge in [0.1, 0.15) is 0 Å². The van der Waals surface area contributed by atoms with Crippen LogP contribution in [0.2, 0.25) is 0 Å². The van der Waals surface area contributed by atoms with Gasteiger partial charge in [-0.05, 0) is 13.1 Å². The molecule has 6 nitrogen and oxygen atoms in total. The molecule has 20 heavy (non-hydrogen) atoms. The first-order chi connectivity index (χ1) is 9.63. The summed E-state index contributed by atoms with van der Waals surface area (Å²) in [5.74, 6) is 1.24. The van der Waals surface area contributed by atoms with Crippen LogP contribution in [0.15, 0.2) is 12.1 Å². The summed E-state index contributed by atoms with van der Waals surface area (Å²) in [6.45, 7) is 4.38. The highest BCUT2D eigenvalue weighted by Crippen LogP contribution is 2.36. The molecule has 1 aromatic carbocycles. The summed E-state index contributed by atoms with van der Waals surface area (Å²) in [5, 5.41) is 0. The molecule has 0 amide bonds. The number of rotatable bonds is 3. The van der Waals surface area contributed by atoms with Crippen molar-refractivity contribution in [3.63, 3.8) is 0 Å². The van der Waals surface area contributed by atoms with Gasteiger partial charge in [0.05, 0.1) is 6.54 Å². The van der Waals surface area contributed by atoms with Crippen molar-refractivity contribution in [1.29, 1.82) is 0 Å². The number of nitrogens with zero attached hydrogens (tertiary/aromatic N) is 2. The van der Waals surface area contributed by atoms with Crippen LogP contribution in [0.5, 0.6) is 11.5 Å². The minimum Gasteiger partial charge on any atom is -0.454 e. The maximum absolute atomic E-state index is 12.4. The second-order valence-corrected chi connectivity index (χ2v) is 5.30. The zero-order valence-electron chi connectivity index (χ0n) is 11.6. The number of ketones is 1. The predicted octanol–water partition coefficient (Wildman–Crippen LogP) is 0.428. The second-order valence-electron chi connectivity index (χ2n) is 5.30. The Balaban J connectivity index is 1.71. The molecular weight excluding hydrogens is 258 g/mol. The molecule has 1 fully saturated rings. The van der Waals surface area contributed by atoms with Gasteiger partial charge < -0.3 is 20.1 Å². The predicted molar refractivity (Wildman–Crippen MR) is 75.2 cm³/mol. The first kappa shape index (κ1) is 13.2. The second kappa shape index (κ2) is 5.30. The first-order valence-corrected chi connectivity index (χ1v) is 6.77. The largest absolute Gasteiger partial charge is 0.454 e. The minimum absolute atomic E-state index is 0.0327. The zero-order valence-corrected chi connectivity index (χ0v) is 11.6. The molecule has 0 unspecified atom stereocenters. The van der Waals surface area contributed by atoms with Gasteiger partial charge in [-0.3, -0.25) is 9.69 Å². The van der Waals surface area contributed by atoms with E-state index in [4.69, 9.17) is 15.2 Å². The lowest BCUT2D eigenvalue weighted by Crippen LogP contribution is -2.46. The molecule has 0 spiro atoms. The van der Waals surface area contributed by atoms with Crippen molar-refractivity contribution < 1.29 is 14.3 Å². The smallest absolute Gasteiger partial charge is 0.231 e. The van der Waals surface area contributed by atoms with Crippen LogP contribution in [0.1, 0.15) is 10.4 Å². The lowest BCUT2D eigenvalue weighted by atomic mass is 10.1. The Morgan fingerprint density at radius 1 is 1.20 bits per heavy atom. The molecule has 0 atom stereocenters. The third-order valence-corrected chi connectivity index (χ3v) is 3.81. The number of hydrogen-bond acceptors (Lipinski definition) is 6. The number of hydrogen-bond donors (Lipinski definition) is 1. The third-order valence-electron chi connectivity index (χ3n) is 3.81. The molecule has 0 aliphatic carbocycles. The average Bonchev–Trinajstić information content (AvgIpc) is 2.87. The van der Waals surface area contributed by atoms with Gasteiger partial charge >= 0.3 is 0 Å². The van der Waals surface area contributed by atoms with E-state index in [1.165, 1.54) is 0 Å². The van der Waals surface area contributed by atoms with Gasteiger partial charge in [0.15, 0.2) is 17.3 Å². The highest BCUT2D eigenvalue weighted by molar-refractivity contribution is 6.02. The molecule has 0 radical (unpaired) electrons. The quantitative estimate of drug-likeness (QED) is 0.638. The number of likely N-dealkylation sites (N-methyl/N-ethyl adjacent to an activating group) is 1. The number of piperazine rings is 1. The molecule has 108 valence electrons. The number of benzene rings is 1. The number of nitrogen functional groups attached to an aromatic ring is 1. The highest BCUT2D eigenvalue weighted by atomic mass is 16.7. The van der Waals surface area contributed by atoms with E-state index in [1.807, 2.05) is 0 Å². The molecule has 2 N–H and O–H groups in total. The zero-order chi connectivity index (χ0) is 14.1. The van der Waals surface area contributed by atoms with Crippen LogP contribution in [0.25, 0.3) is 0 Å². The fraction of sp³-hybridized carbons (Fsp3) is 0.500. The molecule has 2 aliphatic heterocycles. The number of ether oxygens (including phenoxy) is 2. The Kier molecular flexibility index (Phi) is 3.50. The van der Waals surface area contributed by atoms with E-state index in [9.17, 15) is 4.79 Å². The van der Waals surface area contributed by atoms with Gasteiger partial charge in [-0.2, -0.15) is 0 Å². The molecule has 1 saturated heterocycles. The van der Waals surface area contributed by atoms with E-state index in [2.05, 4.69) is 16.8 Å². The van der Waals surface area contributed by atoms with Crippen molar-refractivity contribution in [2.45, 2.75) is 0 Å². The van der Waals surface area contributed by atoms with E-state index >= 15 is 0 Å². The van der Waals surface area contributed by atoms with Gasteiger partial charge in [0.2, 0.25) is 6.79 Å². The summed E-state index contributed by atoms with van der Waals surface area (Å²) in [6, 6.07) is 3.36. The van der Waals surface area contributed by atoms with Crippen LogP contribution >= 0.6 is 0 Å². The van der Waals surface area contributed by atoms with Crippen LogP contribution in [0.3, 0.4) is 0 Å². The SMILES string of the molecule is CN1CCN(CC(=O)c2cc3c(cc2N)OCO3)CC1. The van der Waals surface area contributed by atoms with Gasteiger partial charge in [0.25, 0.3) is 0 Å². The summed E-state index contributed by atoms with van der Waals surface area (Å²) in [7, 11) is 2.09. The number of carbonyl (C=O) groups is 1. The number of Topliss-reactive ketones (excluding diaryl/α,β-unsaturated/α-hetero) is 1. The van der Waals surface area contributed by atoms with Crippen molar-refractivity contribution in [3.05, 3.63) is 17.7 Å². The van der Waals surface area contributed by atoms with Crippen LogP contribution in [0, 0.1) is 0 Å². The summed E-state index contributed by atoms with van der Waals surface area (Å²) in [5.41, 5.74) is 6.91. The van der Waals surface area contributed by atoms with Gasteiger partial charge in [-0.15, -0.1) is 0 Å². The van der Waals surface area contributed by atoms with Crippen molar-refractivity contribution >= 4 is 11.5 Å². The summed E-state index contributed by atoms with van der Waals surface area (Å²) < 4.78 is 10.5. The van der Waals surface area contributed by atoms with E-state index in [-0.39, 0.29) is 12.6 Å². The Morgan fingerprint density at radius 3 is 2.55 bits per heavy atom. The van der Waals surface area contributed by atoms with E-state index in [1.54, 1.807) is 12.1 Å². The van der Waals surface area contributed by atoms with Crippen LogP contribution in [-0.2, 0) is 0 Å². The summed E-state index contributed by atoms with van der Waals surface area (Å²) in [6.07, 6.45) is 0. The molecule has 0 bridgehead atoms. The fourth-order valence-electron chi connectivity index (χ4n) is 2.49. The summed E-state index contributed by atoms with van der Waals surface area (Å²) in [4.78, 5) is 16.8. The summed E-state index contributed by atoms with van der Waals surface area (Å²) >= 11 is 0. The number of anilines is 1. The molecule has 0 aromatic heterocycles. The lowest BCUT2D eigenvalue weighted by molar-refractivity contribution is 0.0877. The Labute approximate surface area is 118 Å². The topological polar surface area (TPSA) is 68.0 Å². The monoisotopic (exact) mass is 277 g/mol. The molecule has 2 aliphatic rings. The van der Waals surface area contributed by atoms with Crippen molar-refractivity contribution in [1.82, 2.24) is 9.80 Å². The van der Waals surface area contributed by atoms with Crippen molar-refractivity contribution in [2.75, 3.05) is 52.3 Å². The van der Waals surface area contributed by atoms with Crippen LogP contribution in [0.4, 0.5) is 5.69 Å². The molecule has 0 saturated carbocycles. The highest BCUT2D eigenvalue weighted by Gasteiger charge is 2.22. The fourth-order valence-corrected chi connectivity index (χ4v) is 2.49. The van der Waals surface area contributed by atoms with Crippen LogP contribution < -0.4 is 15.2 Å². The average molecular weight is 277 g/mol. The molecule has 3 rings (SSSR count). The molecule has 6 heteroatoms. The standard InChI is InChI=1S/C14H19N3O3/c1-16-2-4-17(5-3-16)8-12(18)10-6-13-14(7-11(10)15)20-9-19-13/h6-7H,2-5,8-9,15H2,1H3. The van der Waals surface area contributed by atoms with Gasteiger partial charge in [-0.25, -0.2) is 0 Å². The Bertz CT molecular complexity index is 525. The van der Waals surface area contributed by atoms with Crippen LogP contribution in [-0.4, -0.2) is 62.1 Å². The maximum atomic E-state index is 12.4. The number of carbonyl (C=O) groups excluding carboxylic acids is 1. The van der Waals surface area contributed by atoms with Crippen molar-refractivity contribution in [3.8, 4) is 11.5 Å². The molecule has 1 aromatic rings. The maximum Gasteiger partial charge on any atom is 0.231 e. The van der Waals surface area contributed by atoms with Crippen molar-refractivity contribution in [2.24, 2.45) is 0 Å². The Morgan fingerprint density at radius 2 is 1.85 bits per heavy atom.